The first kappa shape index (κ1) is 22.2. The summed E-state index contributed by atoms with van der Waals surface area (Å²) < 4.78 is 5.87. The zero-order valence-electron chi connectivity index (χ0n) is 16.7. The molecule has 0 aliphatic carbocycles. The number of hydrogen-bond donors (Lipinski definition) is 1. The van der Waals surface area contributed by atoms with Gasteiger partial charge in [0.05, 0.1) is 21.2 Å². The summed E-state index contributed by atoms with van der Waals surface area (Å²) in [4.78, 5) is 30.4. The maximum atomic E-state index is 12.9. The van der Waals surface area contributed by atoms with E-state index in [2.05, 4.69) is 4.99 Å². The second-order valence-corrected chi connectivity index (χ2v) is 8.59. The van der Waals surface area contributed by atoms with Crippen LogP contribution in [-0.4, -0.2) is 33.6 Å². The number of amides is 1. The number of aliphatic imine (C=N–C) groups is 1. The molecule has 4 rings (SSSR count). The molecule has 9 heteroatoms. The Labute approximate surface area is 198 Å². The third-order valence-corrected chi connectivity index (χ3v) is 6.21. The fraction of sp³-hybridized carbons (Fsp3) is 0.0870. The average Bonchev–Trinajstić information content (AvgIpc) is 3.35. The monoisotopic (exact) mass is 486 g/mol. The van der Waals surface area contributed by atoms with Gasteiger partial charge in [-0.1, -0.05) is 23.2 Å². The summed E-state index contributed by atoms with van der Waals surface area (Å²) in [5.41, 5.74) is 1.39. The molecule has 1 aliphatic rings. The summed E-state index contributed by atoms with van der Waals surface area (Å²) in [5, 5.41) is 10.6. The maximum absolute atomic E-state index is 12.9. The highest BCUT2D eigenvalue weighted by Gasteiger charge is 2.32. The first-order chi connectivity index (χ1) is 15.4. The van der Waals surface area contributed by atoms with Gasteiger partial charge in [-0.15, -0.1) is 0 Å². The minimum absolute atomic E-state index is 0.172. The van der Waals surface area contributed by atoms with Gasteiger partial charge in [-0.3, -0.25) is 9.69 Å². The van der Waals surface area contributed by atoms with Gasteiger partial charge in [-0.05, 0) is 73.3 Å². The summed E-state index contributed by atoms with van der Waals surface area (Å²) in [6.07, 6.45) is 1.66. The van der Waals surface area contributed by atoms with E-state index in [1.165, 1.54) is 23.9 Å². The van der Waals surface area contributed by atoms with Gasteiger partial charge in [-0.2, -0.15) is 0 Å². The van der Waals surface area contributed by atoms with Gasteiger partial charge < -0.3 is 9.52 Å². The topological polar surface area (TPSA) is 83.1 Å². The van der Waals surface area contributed by atoms with Crippen LogP contribution >= 0.6 is 35.0 Å². The molecule has 1 saturated heterocycles. The van der Waals surface area contributed by atoms with Crippen molar-refractivity contribution >= 4 is 63.8 Å². The summed E-state index contributed by atoms with van der Waals surface area (Å²) in [5.74, 6) is -0.154. The largest absolute Gasteiger partial charge is 0.478 e. The van der Waals surface area contributed by atoms with Crippen LogP contribution in [-0.2, 0) is 4.79 Å². The molecule has 32 heavy (non-hydrogen) atoms. The maximum Gasteiger partial charge on any atom is 0.335 e. The van der Waals surface area contributed by atoms with Crippen LogP contribution < -0.4 is 0 Å². The standard InChI is InChI=1S/C23H16Cl2N2O4S/c1-2-27-21(28)20(32-23(27)26-15-6-3-13(4-7-15)22(29)30)12-16-8-10-19(31-16)17-11-14(24)5-9-18(17)25/h3-12H,2H2,1H3,(H,29,30). The number of amidine groups is 1. The highest BCUT2D eigenvalue weighted by Crippen LogP contribution is 2.36. The SMILES string of the molecule is CCN1C(=O)C(=Cc2ccc(-c3cc(Cl)ccc3Cl)o2)SC1=Nc1ccc(C(=O)O)cc1. The number of carboxylic acids is 1. The second-order valence-electron chi connectivity index (χ2n) is 6.73. The van der Waals surface area contributed by atoms with Gasteiger partial charge in [0.25, 0.3) is 5.91 Å². The van der Waals surface area contributed by atoms with Crippen LogP contribution in [0.3, 0.4) is 0 Å². The summed E-state index contributed by atoms with van der Waals surface area (Å²) >= 11 is 13.5. The van der Waals surface area contributed by atoms with E-state index in [-0.39, 0.29) is 11.5 Å². The summed E-state index contributed by atoms with van der Waals surface area (Å²) in [6, 6.07) is 14.8. The lowest BCUT2D eigenvalue weighted by Crippen LogP contribution is -2.28. The van der Waals surface area contributed by atoms with Crippen molar-refractivity contribution < 1.29 is 19.1 Å². The van der Waals surface area contributed by atoms with E-state index >= 15 is 0 Å². The van der Waals surface area contributed by atoms with Crippen LogP contribution in [0.1, 0.15) is 23.0 Å². The Morgan fingerprint density at radius 1 is 1.16 bits per heavy atom. The third-order valence-electron chi connectivity index (χ3n) is 4.64. The van der Waals surface area contributed by atoms with E-state index < -0.39 is 5.97 Å². The number of furan rings is 1. The number of carbonyl (C=O) groups excluding carboxylic acids is 1. The first-order valence-electron chi connectivity index (χ1n) is 9.54. The van der Waals surface area contributed by atoms with E-state index in [1.807, 2.05) is 6.92 Å². The Bertz CT molecular complexity index is 1270. The Balaban J connectivity index is 1.61. The fourth-order valence-corrected chi connectivity index (χ4v) is 4.48. The highest BCUT2D eigenvalue weighted by molar-refractivity contribution is 8.18. The number of likely N-dealkylation sites (N-methyl/N-ethyl adjacent to an activating group) is 1. The van der Waals surface area contributed by atoms with Crippen LogP contribution in [0.2, 0.25) is 10.0 Å². The van der Waals surface area contributed by atoms with Crippen LogP contribution in [0.25, 0.3) is 17.4 Å². The van der Waals surface area contributed by atoms with Crippen LogP contribution in [0.5, 0.6) is 0 Å². The van der Waals surface area contributed by atoms with E-state index in [0.717, 1.165) is 0 Å². The summed E-state index contributed by atoms with van der Waals surface area (Å²) in [6.45, 7) is 2.30. The van der Waals surface area contributed by atoms with Crippen molar-refractivity contribution in [2.24, 2.45) is 4.99 Å². The molecule has 0 saturated carbocycles. The quantitative estimate of drug-likeness (QED) is 0.412. The highest BCUT2D eigenvalue weighted by atomic mass is 35.5. The van der Waals surface area contributed by atoms with E-state index in [1.54, 1.807) is 53.4 Å². The first-order valence-corrected chi connectivity index (χ1v) is 11.1. The van der Waals surface area contributed by atoms with Gasteiger partial charge in [0.1, 0.15) is 11.5 Å². The van der Waals surface area contributed by atoms with Crippen LogP contribution in [0.15, 0.2) is 68.9 Å². The van der Waals surface area contributed by atoms with E-state index in [4.69, 9.17) is 32.7 Å². The van der Waals surface area contributed by atoms with Gasteiger partial charge in [0.2, 0.25) is 0 Å². The Hall–Kier alpha value is -3.00. The molecule has 0 atom stereocenters. The number of hydrogen-bond acceptors (Lipinski definition) is 5. The number of halogens is 2. The molecule has 1 aromatic heterocycles. The fourth-order valence-electron chi connectivity index (χ4n) is 3.05. The van der Waals surface area contributed by atoms with Crippen molar-refractivity contribution in [2.45, 2.75) is 6.92 Å². The van der Waals surface area contributed by atoms with Crippen molar-refractivity contribution in [2.75, 3.05) is 6.54 Å². The molecule has 0 radical (unpaired) electrons. The molecule has 1 aliphatic heterocycles. The molecular formula is C23H16Cl2N2O4S. The van der Waals surface area contributed by atoms with E-state index in [0.29, 0.717) is 49.4 Å². The minimum Gasteiger partial charge on any atom is -0.478 e. The molecular weight excluding hydrogens is 471 g/mol. The van der Waals surface area contributed by atoms with Crippen LogP contribution in [0, 0.1) is 0 Å². The van der Waals surface area contributed by atoms with E-state index in [9.17, 15) is 9.59 Å². The van der Waals surface area contributed by atoms with Gasteiger partial charge >= 0.3 is 5.97 Å². The number of rotatable bonds is 5. The minimum atomic E-state index is -1.01. The number of aromatic carboxylic acids is 1. The molecule has 3 aromatic rings. The van der Waals surface area contributed by atoms with Crippen molar-refractivity contribution in [1.82, 2.24) is 4.90 Å². The molecule has 1 amide bonds. The van der Waals surface area contributed by atoms with Crippen molar-refractivity contribution in [1.29, 1.82) is 0 Å². The normalized spacial score (nSPS) is 16.3. The lowest BCUT2D eigenvalue weighted by Gasteiger charge is -2.11. The van der Waals surface area contributed by atoms with Crippen molar-refractivity contribution in [3.63, 3.8) is 0 Å². The van der Waals surface area contributed by atoms with Gasteiger partial charge in [0, 0.05) is 23.2 Å². The lowest BCUT2D eigenvalue weighted by atomic mass is 10.2. The molecule has 0 bridgehead atoms. The number of nitrogens with zero attached hydrogens (tertiary/aromatic N) is 2. The molecule has 2 heterocycles. The second kappa shape index (κ2) is 9.24. The van der Waals surface area contributed by atoms with Crippen LogP contribution in [0.4, 0.5) is 5.69 Å². The van der Waals surface area contributed by atoms with Crippen molar-refractivity contribution in [3.05, 3.63) is 80.9 Å². The van der Waals surface area contributed by atoms with Gasteiger partial charge in [-0.25, -0.2) is 9.79 Å². The Morgan fingerprint density at radius 3 is 2.59 bits per heavy atom. The molecule has 0 unspecified atom stereocenters. The lowest BCUT2D eigenvalue weighted by molar-refractivity contribution is -0.122. The number of carboxylic acid groups (broad SMARTS) is 1. The molecule has 0 spiro atoms. The Kier molecular flexibility index (Phi) is 6.41. The molecule has 1 N–H and O–H groups in total. The van der Waals surface area contributed by atoms with Crippen molar-refractivity contribution in [3.8, 4) is 11.3 Å². The number of thioether (sulfide) groups is 1. The average molecular weight is 487 g/mol. The third kappa shape index (κ3) is 4.60. The zero-order chi connectivity index (χ0) is 22.8. The molecule has 162 valence electrons. The zero-order valence-corrected chi connectivity index (χ0v) is 19.0. The predicted octanol–water partition coefficient (Wildman–Crippen LogP) is 6.58. The number of benzene rings is 2. The molecule has 1 fully saturated rings. The summed E-state index contributed by atoms with van der Waals surface area (Å²) in [7, 11) is 0. The predicted molar refractivity (Wildman–Crippen MR) is 128 cm³/mol. The smallest absolute Gasteiger partial charge is 0.335 e. The molecule has 2 aromatic carbocycles. The Morgan fingerprint density at radius 2 is 1.91 bits per heavy atom. The van der Waals surface area contributed by atoms with Gasteiger partial charge in [0.15, 0.2) is 5.17 Å². The number of carbonyl (C=O) groups is 2. The molecule has 6 nitrogen and oxygen atoms in total.